The Hall–Kier alpha value is -3.56. The second-order valence-corrected chi connectivity index (χ2v) is 8.16. The van der Waals surface area contributed by atoms with Gasteiger partial charge in [-0.25, -0.2) is 8.42 Å². The molecule has 0 bridgehead atoms. The van der Waals surface area contributed by atoms with Gasteiger partial charge in [-0.1, -0.05) is 18.2 Å². The fourth-order valence-corrected chi connectivity index (χ4v) is 4.48. The van der Waals surface area contributed by atoms with E-state index in [4.69, 9.17) is 9.47 Å². The Balaban J connectivity index is 1.78. The van der Waals surface area contributed by atoms with Gasteiger partial charge in [0.1, 0.15) is 4.91 Å². The normalized spacial score (nSPS) is 22.0. The molecule has 8 nitrogen and oxygen atoms in total. The summed E-state index contributed by atoms with van der Waals surface area (Å²) in [6.45, 7) is 0. The minimum absolute atomic E-state index is 0.0575. The van der Waals surface area contributed by atoms with Crippen molar-refractivity contribution < 1.29 is 38.0 Å². The van der Waals surface area contributed by atoms with Crippen molar-refractivity contribution in [1.29, 1.82) is 0 Å². The summed E-state index contributed by atoms with van der Waals surface area (Å²) in [7, 11) is -4.18. The van der Waals surface area contributed by atoms with Crippen LogP contribution in [0.15, 0.2) is 82.5 Å². The van der Waals surface area contributed by atoms with Crippen LogP contribution < -0.4 is 4.74 Å². The number of benzene rings is 2. The van der Waals surface area contributed by atoms with Gasteiger partial charge in [-0.2, -0.15) is 0 Å². The van der Waals surface area contributed by atoms with Gasteiger partial charge in [0.15, 0.2) is 17.3 Å². The van der Waals surface area contributed by atoms with Crippen LogP contribution in [0, 0.1) is 0 Å². The highest BCUT2D eigenvalue weighted by molar-refractivity contribution is 7.95. The number of sulfone groups is 1. The van der Waals surface area contributed by atoms with E-state index in [9.17, 15) is 28.5 Å². The van der Waals surface area contributed by atoms with Crippen molar-refractivity contribution in [2.45, 2.75) is 10.7 Å². The van der Waals surface area contributed by atoms with Crippen molar-refractivity contribution in [3.8, 4) is 17.2 Å². The van der Waals surface area contributed by atoms with E-state index in [2.05, 4.69) is 0 Å². The third-order valence-corrected chi connectivity index (χ3v) is 6.29. The summed E-state index contributed by atoms with van der Waals surface area (Å²) in [6.07, 6.45) is 4.32. The standard InChI is InChI=1S/C20H14O8S/c21-14-9-8-13-17(22)15(28-19(13)18(14)23)11-20(24)16(7-4-10-27-20)29(25,26)12-5-2-1-3-6-12/h1-11,21,23-24H/b15-11-. The summed E-state index contributed by atoms with van der Waals surface area (Å²) < 4.78 is 36.4. The van der Waals surface area contributed by atoms with E-state index in [1.54, 1.807) is 6.07 Å². The van der Waals surface area contributed by atoms with E-state index in [1.165, 1.54) is 36.4 Å². The smallest absolute Gasteiger partial charge is 0.269 e. The molecule has 0 saturated carbocycles. The molecule has 4 rings (SSSR count). The molecule has 1 unspecified atom stereocenters. The summed E-state index contributed by atoms with van der Waals surface area (Å²) in [5.41, 5.74) is -0.0575. The van der Waals surface area contributed by atoms with Gasteiger partial charge in [0.2, 0.25) is 21.4 Å². The van der Waals surface area contributed by atoms with Crippen molar-refractivity contribution in [1.82, 2.24) is 0 Å². The van der Waals surface area contributed by atoms with Gasteiger partial charge in [-0.05, 0) is 36.4 Å². The van der Waals surface area contributed by atoms with Crippen LogP contribution in [0.25, 0.3) is 0 Å². The molecule has 9 heteroatoms. The number of hydrogen-bond acceptors (Lipinski definition) is 8. The Bertz CT molecular complexity index is 1210. The average molecular weight is 414 g/mol. The third kappa shape index (κ3) is 2.96. The topological polar surface area (TPSA) is 130 Å². The maximum atomic E-state index is 13.0. The van der Waals surface area contributed by atoms with Crippen molar-refractivity contribution in [3.63, 3.8) is 0 Å². The molecule has 1 atom stereocenters. The summed E-state index contributed by atoms with van der Waals surface area (Å²) >= 11 is 0. The lowest BCUT2D eigenvalue weighted by atomic mass is 10.1. The fourth-order valence-electron chi connectivity index (χ4n) is 2.97. The van der Waals surface area contributed by atoms with Gasteiger partial charge in [-0.3, -0.25) is 4.79 Å². The molecule has 2 aromatic rings. The van der Waals surface area contributed by atoms with Crippen molar-refractivity contribution in [2.24, 2.45) is 0 Å². The van der Waals surface area contributed by atoms with E-state index in [0.717, 1.165) is 24.5 Å². The largest absolute Gasteiger partial charge is 0.504 e. The van der Waals surface area contributed by atoms with Crippen LogP contribution in [0.1, 0.15) is 10.4 Å². The molecule has 0 amide bonds. The lowest BCUT2D eigenvalue weighted by Gasteiger charge is -2.28. The highest BCUT2D eigenvalue weighted by Crippen LogP contribution is 2.45. The molecule has 0 saturated heterocycles. The maximum Gasteiger partial charge on any atom is 0.269 e. The number of phenols is 2. The molecule has 0 spiro atoms. The highest BCUT2D eigenvalue weighted by atomic mass is 32.2. The quantitative estimate of drug-likeness (QED) is 0.514. The summed E-state index contributed by atoms with van der Waals surface area (Å²) in [5, 5.41) is 30.4. The van der Waals surface area contributed by atoms with Crippen molar-refractivity contribution >= 4 is 15.6 Å². The predicted octanol–water partition coefficient (Wildman–Crippen LogP) is 2.15. The average Bonchev–Trinajstić information content (AvgIpc) is 3.01. The Morgan fingerprint density at radius 1 is 1.03 bits per heavy atom. The number of allylic oxidation sites excluding steroid dienone is 3. The van der Waals surface area contributed by atoms with Crippen LogP contribution in [0.5, 0.6) is 17.2 Å². The molecule has 0 fully saturated rings. The van der Waals surface area contributed by atoms with Gasteiger partial charge in [0.05, 0.1) is 16.7 Å². The number of phenolic OH excluding ortho intramolecular Hbond substituents is 2. The van der Waals surface area contributed by atoms with E-state index < -0.39 is 43.6 Å². The number of fused-ring (bicyclic) bond motifs is 1. The van der Waals surface area contributed by atoms with Crippen LogP contribution in [0.4, 0.5) is 0 Å². The molecule has 29 heavy (non-hydrogen) atoms. The summed E-state index contributed by atoms with van der Waals surface area (Å²) in [6, 6.07) is 9.75. The molecule has 2 heterocycles. The molecule has 2 aliphatic heterocycles. The number of rotatable bonds is 3. The lowest BCUT2D eigenvalue weighted by Crippen LogP contribution is -2.37. The van der Waals surface area contributed by atoms with Crippen molar-refractivity contribution in [2.75, 3.05) is 0 Å². The van der Waals surface area contributed by atoms with E-state index in [1.807, 2.05) is 0 Å². The molecule has 2 aromatic carbocycles. The third-order valence-electron chi connectivity index (χ3n) is 4.39. The van der Waals surface area contributed by atoms with Gasteiger partial charge in [0.25, 0.3) is 5.79 Å². The first-order valence-corrected chi connectivity index (χ1v) is 9.80. The zero-order chi connectivity index (χ0) is 20.8. The highest BCUT2D eigenvalue weighted by Gasteiger charge is 2.44. The van der Waals surface area contributed by atoms with E-state index in [0.29, 0.717) is 0 Å². The zero-order valence-electron chi connectivity index (χ0n) is 14.6. The minimum atomic E-state index is -4.18. The van der Waals surface area contributed by atoms with Gasteiger partial charge < -0.3 is 24.8 Å². The van der Waals surface area contributed by atoms with Crippen LogP contribution in [0.2, 0.25) is 0 Å². The zero-order valence-corrected chi connectivity index (χ0v) is 15.5. The Kier molecular flexibility index (Phi) is 4.21. The molecule has 0 radical (unpaired) electrons. The van der Waals surface area contributed by atoms with Gasteiger partial charge in [0, 0.05) is 6.08 Å². The first-order chi connectivity index (χ1) is 13.7. The van der Waals surface area contributed by atoms with Crippen LogP contribution >= 0.6 is 0 Å². The molecule has 148 valence electrons. The van der Waals surface area contributed by atoms with Crippen molar-refractivity contribution in [3.05, 3.63) is 83.2 Å². The van der Waals surface area contributed by atoms with Gasteiger partial charge >= 0.3 is 0 Å². The Morgan fingerprint density at radius 3 is 2.48 bits per heavy atom. The van der Waals surface area contributed by atoms with Crippen LogP contribution in [-0.2, 0) is 14.6 Å². The lowest BCUT2D eigenvalue weighted by molar-refractivity contribution is -0.0916. The number of carbonyl (C=O) groups is 1. The number of Topliss-reactive ketones (excluding diaryl/α,β-unsaturated/α-hetero) is 1. The Labute approximate surface area is 165 Å². The molecule has 0 aliphatic carbocycles. The fraction of sp³-hybridized carbons (Fsp3) is 0.0500. The first-order valence-electron chi connectivity index (χ1n) is 8.32. The number of ether oxygens (including phenoxy) is 2. The first kappa shape index (κ1) is 18.8. The summed E-state index contributed by atoms with van der Waals surface area (Å²) in [5.74, 6) is -5.17. The predicted molar refractivity (Wildman–Crippen MR) is 99.7 cm³/mol. The summed E-state index contributed by atoms with van der Waals surface area (Å²) in [4.78, 5) is 12.0. The molecular weight excluding hydrogens is 400 g/mol. The molecular formula is C20H14O8S. The van der Waals surface area contributed by atoms with Crippen LogP contribution in [0.3, 0.4) is 0 Å². The number of hydrogen-bond donors (Lipinski definition) is 3. The monoisotopic (exact) mass is 414 g/mol. The number of carbonyl (C=O) groups excluding carboxylic acids is 1. The Morgan fingerprint density at radius 2 is 1.76 bits per heavy atom. The SMILES string of the molecule is O=C1/C(=C/C2(O)OC=CC=C2S(=O)(=O)c2ccccc2)Oc2c1ccc(O)c2O. The molecule has 2 aliphatic rings. The van der Waals surface area contributed by atoms with E-state index >= 15 is 0 Å². The second kappa shape index (κ2) is 6.50. The second-order valence-electron chi connectivity index (χ2n) is 6.24. The number of ketones is 1. The van der Waals surface area contributed by atoms with Crippen LogP contribution in [-0.4, -0.2) is 35.3 Å². The molecule has 3 N–H and O–H groups in total. The minimum Gasteiger partial charge on any atom is -0.504 e. The number of aliphatic hydroxyl groups is 1. The maximum absolute atomic E-state index is 13.0. The number of aromatic hydroxyl groups is 2. The van der Waals surface area contributed by atoms with E-state index in [-0.39, 0.29) is 16.2 Å². The van der Waals surface area contributed by atoms with Gasteiger partial charge in [-0.15, -0.1) is 0 Å². The molecule has 0 aromatic heterocycles.